The fraction of sp³-hybridized carbons (Fsp3) is 0.115. The molecule has 6 rings (SSSR count). The summed E-state index contributed by atoms with van der Waals surface area (Å²) in [6.45, 7) is 1.07. The maximum Gasteiger partial charge on any atom is 0.494 e. The molecule has 1 N–H and O–H groups in total. The summed E-state index contributed by atoms with van der Waals surface area (Å²) in [7, 11) is -1.37. The highest BCUT2D eigenvalue weighted by Crippen LogP contribution is 2.25. The molecule has 2 aromatic carbocycles. The van der Waals surface area contributed by atoms with Crippen molar-refractivity contribution in [3.8, 4) is 23.3 Å². The van der Waals surface area contributed by atoms with Gasteiger partial charge in [0.25, 0.3) is 0 Å². The Labute approximate surface area is 213 Å². The van der Waals surface area contributed by atoms with E-state index in [4.69, 9.17) is 23.4 Å². The predicted octanol–water partition coefficient (Wildman–Crippen LogP) is 2.53. The summed E-state index contributed by atoms with van der Waals surface area (Å²) in [6.07, 6.45) is 3.90. The third-order valence-electron chi connectivity index (χ3n) is 6.07. The zero-order chi connectivity index (χ0) is 25.2. The number of rotatable bonds is 8. The molecule has 2 aromatic heterocycles. The van der Waals surface area contributed by atoms with Crippen LogP contribution in [0.3, 0.4) is 0 Å². The summed E-state index contributed by atoms with van der Waals surface area (Å²) in [5.41, 5.74) is 4.93. The Morgan fingerprint density at radius 2 is 1.51 bits per heavy atom. The standard InChI is InChI=1S/C26H20B2N2O7/c31-13-17-1-7-25(29-11-17)37-22-4-6-24-20(10-22)16-35-28(24)34-14-18-2-8-26(30-12-18)36-21-3-5-23-19(9-21)15-33-27(23)32/h1-13,32H,14-16H2. The molecule has 0 fully saturated rings. The summed E-state index contributed by atoms with van der Waals surface area (Å²) >= 11 is 0. The lowest BCUT2D eigenvalue weighted by Crippen LogP contribution is -2.31. The molecule has 4 heterocycles. The molecule has 9 nitrogen and oxygen atoms in total. The third-order valence-corrected chi connectivity index (χ3v) is 6.07. The molecule has 0 saturated heterocycles. The van der Waals surface area contributed by atoms with E-state index in [1.807, 2.05) is 30.3 Å². The predicted molar refractivity (Wildman–Crippen MR) is 134 cm³/mol. The van der Waals surface area contributed by atoms with Crippen LogP contribution in [0.1, 0.15) is 27.0 Å². The van der Waals surface area contributed by atoms with E-state index in [0.717, 1.165) is 33.9 Å². The average Bonchev–Trinajstić information content (AvgIpc) is 3.51. The smallest absolute Gasteiger partial charge is 0.439 e. The first kappa shape index (κ1) is 23.4. The summed E-state index contributed by atoms with van der Waals surface area (Å²) in [6, 6.07) is 18.0. The summed E-state index contributed by atoms with van der Waals surface area (Å²) in [4.78, 5) is 19.3. The van der Waals surface area contributed by atoms with Crippen LogP contribution in [0.25, 0.3) is 0 Å². The molecule has 0 amide bonds. The second kappa shape index (κ2) is 10.2. The van der Waals surface area contributed by atoms with Gasteiger partial charge in [-0.05, 0) is 64.0 Å². The van der Waals surface area contributed by atoms with Crippen molar-refractivity contribution in [2.24, 2.45) is 0 Å². The van der Waals surface area contributed by atoms with Crippen LogP contribution < -0.4 is 20.4 Å². The fourth-order valence-corrected chi connectivity index (χ4v) is 4.16. The lowest BCUT2D eigenvalue weighted by atomic mass is 9.79. The SMILES string of the molecule is O=Cc1ccc(Oc2ccc3c(c2)COB3OCc2ccc(Oc3ccc4c(c3)COB4O)nc2)nc1. The summed E-state index contributed by atoms with van der Waals surface area (Å²) in [5, 5.41) is 9.74. The van der Waals surface area contributed by atoms with Gasteiger partial charge in [-0.3, -0.25) is 4.79 Å². The second-order valence-corrected chi connectivity index (χ2v) is 8.59. The van der Waals surface area contributed by atoms with Gasteiger partial charge in [0.05, 0.1) is 19.8 Å². The number of fused-ring (bicyclic) bond motifs is 2. The minimum atomic E-state index is -0.877. The second-order valence-electron chi connectivity index (χ2n) is 8.59. The van der Waals surface area contributed by atoms with Gasteiger partial charge in [0.15, 0.2) is 6.29 Å². The highest BCUT2D eigenvalue weighted by Gasteiger charge is 2.31. The van der Waals surface area contributed by atoms with Crippen molar-refractivity contribution >= 4 is 31.4 Å². The van der Waals surface area contributed by atoms with E-state index in [9.17, 15) is 9.82 Å². The van der Waals surface area contributed by atoms with Crippen LogP contribution in [0, 0.1) is 0 Å². The number of aromatic nitrogens is 2. The van der Waals surface area contributed by atoms with Gasteiger partial charge >= 0.3 is 14.2 Å². The van der Waals surface area contributed by atoms with Crippen LogP contribution >= 0.6 is 0 Å². The normalized spacial score (nSPS) is 13.9. The average molecular weight is 494 g/mol. The quantitative estimate of drug-likeness (QED) is 0.292. The molecular formula is C26H20B2N2O7. The van der Waals surface area contributed by atoms with Gasteiger partial charge in [-0.25, -0.2) is 9.97 Å². The molecule has 0 radical (unpaired) electrons. The molecule has 0 bridgehead atoms. The van der Waals surface area contributed by atoms with E-state index in [0.29, 0.717) is 48.6 Å². The summed E-state index contributed by atoms with van der Waals surface area (Å²) < 4.78 is 28.7. The molecule has 37 heavy (non-hydrogen) atoms. The first-order valence-corrected chi connectivity index (χ1v) is 11.6. The molecule has 182 valence electrons. The molecule has 11 heteroatoms. The number of carbonyl (C=O) groups is 1. The molecule has 4 aromatic rings. The molecule has 2 aliphatic heterocycles. The maximum absolute atomic E-state index is 10.8. The minimum absolute atomic E-state index is 0.316. The topological polar surface area (TPSA) is 109 Å². The number of carbonyl (C=O) groups excluding carboxylic acids is 1. The van der Waals surface area contributed by atoms with Crippen molar-refractivity contribution in [3.05, 3.63) is 95.3 Å². The van der Waals surface area contributed by atoms with Gasteiger partial charge in [0.2, 0.25) is 11.8 Å². The van der Waals surface area contributed by atoms with Crippen molar-refractivity contribution < 1.29 is 33.3 Å². The van der Waals surface area contributed by atoms with Crippen LogP contribution in [0.2, 0.25) is 0 Å². The Hall–Kier alpha value is -4.02. The molecule has 0 atom stereocenters. The van der Waals surface area contributed by atoms with E-state index < -0.39 is 14.2 Å². The van der Waals surface area contributed by atoms with E-state index in [-0.39, 0.29) is 0 Å². The van der Waals surface area contributed by atoms with Crippen molar-refractivity contribution in [2.45, 2.75) is 19.8 Å². The zero-order valence-electron chi connectivity index (χ0n) is 19.6. The van der Waals surface area contributed by atoms with Crippen molar-refractivity contribution in [2.75, 3.05) is 0 Å². The number of benzene rings is 2. The highest BCUT2D eigenvalue weighted by molar-refractivity contribution is 6.63. The van der Waals surface area contributed by atoms with Crippen molar-refractivity contribution in [3.63, 3.8) is 0 Å². The Kier molecular flexibility index (Phi) is 6.42. The first-order valence-electron chi connectivity index (χ1n) is 11.6. The molecular weight excluding hydrogens is 474 g/mol. The van der Waals surface area contributed by atoms with Crippen molar-refractivity contribution in [1.82, 2.24) is 9.97 Å². The minimum Gasteiger partial charge on any atom is -0.439 e. The Morgan fingerprint density at radius 3 is 2.19 bits per heavy atom. The maximum atomic E-state index is 10.8. The first-order chi connectivity index (χ1) is 18.1. The molecule has 0 aliphatic carbocycles. The van der Waals surface area contributed by atoms with Crippen LogP contribution in [0.15, 0.2) is 73.1 Å². The number of hydrogen-bond donors (Lipinski definition) is 1. The Bertz CT molecular complexity index is 1430. The fourth-order valence-electron chi connectivity index (χ4n) is 4.16. The van der Waals surface area contributed by atoms with Gasteiger partial charge in [0, 0.05) is 30.1 Å². The molecule has 0 spiro atoms. The van der Waals surface area contributed by atoms with Gasteiger partial charge in [0.1, 0.15) is 11.5 Å². The Balaban J connectivity index is 1.04. The van der Waals surface area contributed by atoms with E-state index in [1.165, 1.54) is 6.20 Å². The molecule has 0 unspecified atom stereocenters. The monoisotopic (exact) mass is 494 g/mol. The largest absolute Gasteiger partial charge is 0.494 e. The van der Waals surface area contributed by atoms with Gasteiger partial charge < -0.3 is 28.5 Å². The Morgan fingerprint density at radius 1 is 0.838 bits per heavy atom. The molecule has 2 aliphatic rings. The number of nitrogens with zero attached hydrogens (tertiary/aromatic N) is 2. The molecule has 0 saturated carbocycles. The van der Waals surface area contributed by atoms with Crippen molar-refractivity contribution in [1.29, 1.82) is 0 Å². The van der Waals surface area contributed by atoms with Crippen LogP contribution in [0.5, 0.6) is 23.3 Å². The van der Waals surface area contributed by atoms with Crippen LogP contribution in [-0.2, 0) is 33.8 Å². The van der Waals surface area contributed by atoms with Crippen LogP contribution in [0.4, 0.5) is 0 Å². The van der Waals surface area contributed by atoms with E-state index >= 15 is 0 Å². The van der Waals surface area contributed by atoms with Gasteiger partial charge in [-0.15, -0.1) is 0 Å². The lowest BCUT2D eigenvalue weighted by molar-refractivity contribution is 0.112. The number of hydrogen-bond acceptors (Lipinski definition) is 9. The number of aldehydes is 1. The van der Waals surface area contributed by atoms with E-state index in [1.54, 1.807) is 36.5 Å². The summed E-state index contributed by atoms with van der Waals surface area (Å²) in [5.74, 6) is 2.11. The third kappa shape index (κ3) is 5.11. The van der Waals surface area contributed by atoms with Gasteiger partial charge in [-0.2, -0.15) is 0 Å². The van der Waals surface area contributed by atoms with E-state index in [2.05, 4.69) is 9.97 Å². The van der Waals surface area contributed by atoms with Gasteiger partial charge in [-0.1, -0.05) is 12.1 Å². The van der Waals surface area contributed by atoms with Crippen LogP contribution in [-0.4, -0.2) is 35.5 Å². The lowest BCUT2D eigenvalue weighted by Gasteiger charge is -2.10. The number of pyridine rings is 2. The highest BCUT2D eigenvalue weighted by atomic mass is 16.6. The number of ether oxygens (including phenoxy) is 2. The zero-order valence-corrected chi connectivity index (χ0v) is 19.6.